The predicted molar refractivity (Wildman–Crippen MR) is 70.9 cm³/mol. The lowest BCUT2D eigenvalue weighted by Gasteiger charge is -2.39. The van der Waals surface area contributed by atoms with Gasteiger partial charge in [-0.15, -0.1) is 0 Å². The minimum atomic E-state index is -0.903. The second kappa shape index (κ2) is 5.45. The fourth-order valence-electron chi connectivity index (χ4n) is 2.83. The second-order valence-electron chi connectivity index (χ2n) is 6.08. The Morgan fingerprint density at radius 3 is 2.47 bits per heavy atom. The van der Waals surface area contributed by atoms with Crippen molar-refractivity contribution < 1.29 is 13.9 Å². The minimum Gasteiger partial charge on any atom is -0.503 e. The maximum Gasteiger partial charge on any atom is 0.187 e. The first-order chi connectivity index (χ1) is 8.90. The predicted octanol–water partition coefficient (Wildman–Crippen LogP) is 3.73. The second-order valence-corrected chi connectivity index (χ2v) is 6.08. The van der Waals surface area contributed by atoms with Crippen LogP contribution in [0.5, 0.6) is 5.75 Å². The summed E-state index contributed by atoms with van der Waals surface area (Å²) in [5.74, 6) is -2.71. The van der Waals surface area contributed by atoms with Crippen molar-refractivity contribution in [1.82, 2.24) is 5.32 Å². The van der Waals surface area contributed by atoms with Gasteiger partial charge in [-0.2, -0.15) is 0 Å². The van der Waals surface area contributed by atoms with Gasteiger partial charge in [-0.1, -0.05) is 26.7 Å². The van der Waals surface area contributed by atoms with Crippen LogP contribution in [0, 0.1) is 17.0 Å². The molecule has 0 aromatic heterocycles. The van der Waals surface area contributed by atoms with Crippen LogP contribution in [-0.4, -0.2) is 11.1 Å². The number of phenols is 1. The molecule has 2 N–H and O–H groups in total. The number of halogens is 2. The van der Waals surface area contributed by atoms with E-state index in [9.17, 15) is 8.78 Å². The molecule has 1 unspecified atom stereocenters. The summed E-state index contributed by atoms with van der Waals surface area (Å²) in [6, 6.07) is 2.73. The summed E-state index contributed by atoms with van der Waals surface area (Å²) in [4.78, 5) is 0. The average molecular weight is 269 g/mol. The van der Waals surface area contributed by atoms with Crippen LogP contribution in [0.2, 0.25) is 0 Å². The van der Waals surface area contributed by atoms with Crippen LogP contribution in [0.3, 0.4) is 0 Å². The maximum atomic E-state index is 13.2. The van der Waals surface area contributed by atoms with E-state index in [4.69, 9.17) is 5.11 Å². The van der Waals surface area contributed by atoms with Crippen molar-refractivity contribution in [3.05, 3.63) is 29.3 Å². The third kappa shape index (κ3) is 3.24. The van der Waals surface area contributed by atoms with E-state index < -0.39 is 17.4 Å². The van der Waals surface area contributed by atoms with Gasteiger partial charge in [0, 0.05) is 12.6 Å². The highest BCUT2D eigenvalue weighted by molar-refractivity contribution is 5.30. The monoisotopic (exact) mass is 269 g/mol. The molecule has 0 saturated heterocycles. The number of hydrogen-bond donors (Lipinski definition) is 2. The third-order valence-corrected chi connectivity index (χ3v) is 4.14. The molecule has 0 amide bonds. The van der Waals surface area contributed by atoms with Crippen LogP contribution in [0.1, 0.15) is 45.1 Å². The lowest BCUT2D eigenvalue weighted by Crippen LogP contribution is -2.43. The molecule has 0 spiro atoms. The molecule has 1 aliphatic carbocycles. The Hall–Kier alpha value is -1.16. The molecule has 106 valence electrons. The van der Waals surface area contributed by atoms with Crippen LogP contribution in [0.4, 0.5) is 8.78 Å². The first-order valence-corrected chi connectivity index (χ1v) is 6.80. The van der Waals surface area contributed by atoms with Crippen molar-refractivity contribution in [2.45, 2.75) is 52.1 Å². The van der Waals surface area contributed by atoms with E-state index in [1.165, 1.54) is 31.4 Å². The first kappa shape index (κ1) is 14.3. The molecule has 1 saturated carbocycles. The molecule has 0 heterocycles. The fraction of sp³-hybridized carbons (Fsp3) is 0.600. The zero-order valence-electron chi connectivity index (χ0n) is 11.5. The van der Waals surface area contributed by atoms with Crippen LogP contribution < -0.4 is 5.32 Å². The Bertz CT molecular complexity index is 436. The normalized spacial score (nSPS) is 22.4. The van der Waals surface area contributed by atoms with E-state index in [0.717, 1.165) is 6.42 Å². The van der Waals surface area contributed by atoms with Gasteiger partial charge >= 0.3 is 0 Å². The Morgan fingerprint density at radius 1 is 1.26 bits per heavy atom. The quantitative estimate of drug-likeness (QED) is 0.876. The van der Waals surface area contributed by atoms with Gasteiger partial charge < -0.3 is 10.4 Å². The SMILES string of the molecule is CC1(C)CCCCC1NCc1cc(F)c(O)c(F)c1. The lowest BCUT2D eigenvalue weighted by atomic mass is 9.73. The molecule has 0 bridgehead atoms. The molecule has 1 fully saturated rings. The number of hydrogen-bond acceptors (Lipinski definition) is 2. The van der Waals surface area contributed by atoms with E-state index in [1.807, 2.05) is 0 Å². The van der Waals surface area contributed by atoms with Gasteiger partial charge in [0.1, 0.15) is 0 Å². The van der Waals surface area contributed by atoms with Crippen LogP contribution >= 0.6 is 0 Å². The van der Waals surface area contributed by atoms with Gasteiger partial charge in [0.05, 0.1) is 0 Å². The molecule has 1 aromatic rings. The van der Waals surface area contributed by atoms with Crippen molar-refractivity contribution in [3.63, 3.8) is 0 Å². The van der Waals surface area contributed by atoms with Crippen molar-refractivity contribution in [2.24, 2.45) is 5.41 Å². The molecule has 2 rings (SSSR count). The van der Waals surface area contributed by atoms with E-state index in [1.54, 1.807) is 0 Å². The number of nitrogens with one attached hydrogen (secondary N) is 1. The molecule has 0 radical (unpaired) electrons. The molecule has 19 heavy (non-hydrogen) atoms. The number of aromatic hydroxyl groups is 1. The summed E-state index contributed by atoms with van der Waals surface area (Å²) >= 11 is 0. The van der Waals surface area contributed by atoms with Crippen molar-refractivity contribution >= 4 is 0 Å². The number of benzene rings is 1. The summed E-state index contributed by atoms with van der Waals surface area (Å²) in [5.41, 5.74) is 0.737. The zero-order valence-corrected chi connectivity index (χ0v) is 11.5. The highest BCUT2D eigenvalue weighted by Gasteiger charge is 2.31. The van der Waals surface area contributed by atoms with E-state index in [0.29, 0.717) is 18.2 Å². The zero-order chi connectivity index (χ0) is 14.0. The fourth-order valence-corrected chi connectivity index (χ4v) is 2.83. The summed E-state index contributed by atoms with van der Waals surface area (Å²) in [6.45, 7) is 4.87. The standard InChI is InChI=1S/C15H21F2NO/c1-15(2)6-4-3-5-13(15)18-9-10-7-11(16)14(19)12(17)8-10/h7-8,13,18-19H,3-6,9H2,1-2H3. The van der Waals surface area contributed by atoms with Crippen molar-refractivity contribution in [1.29, 1.82) is 0 Å². The van der Waals surface area contributed by atoms with E-state index in [2.05, 4.69) is 19.2 Å². The van der Waals surface area contributed by atoms with Gasteiger partial charge in [-0.05, 0) is 36.0 Å². The highest BCUT2D eigenvalue weighted by atomic mass is 19.1. The smallest absolute Gasteiger partial charge is 0.187 e. The maximum absolute atomic E-state index is 13.2. The first-order valence-electron chi connectivity index (χ1n) is 6.80. The van der Waals surface area contributed by atoms with Gasteiger partial charge in [-0.3, -0.25) is 0 Å². The van der Waals surface area contributed by atoms with Gasteiger partial charge in [0.15, 0.2) is 17.4 Å². The molecular weight excluding hydrogens is 248 g/mol. The number of phenolic OH excluding ortho intramolecular Hbond substituents is 1. The van der Waals surface area contributed by atoms with E-state index in [-0.39, 0.29) is 5.41 Å². The Kier molecular flexibility index (Phi) is 4.09. The number of rotatable bonds is 3. The Morgan fingerprint density at radius 2 is 1.89 bits per heavy atom. The van der Waals surface area contributed by atoms with Crippen molar-refractivity contribution in [3.8, 4) is 5.75 Å². The summed E-state index contributed by atoms with van der Waals surface area (Å²) < 4.78 is 26.5. The molecule has 0 aliphatic heterocycles. The molecular formula is C15H21F2NO. The van der Waals surface area contributed by atoms with Gasteiger partial charge in [-0.25, -0.2) is 8.78 Å². The third-order valence-electron chi connectivity index (χ3n) is 4.14. The summed E-state index contributed by atoms with van der Waals surface area (Å²) in [5, 5.41) is 12.4. The van der Waals surface area contributed by atoms with Gasteiger partial charge in [0.2, 0.25) is 0 Å². The minimum absolute atomic E-state index is 0.215. The van der Waals surface area contributed by atoms with Crippen LogP contribution in [-0.2, 0) is 6.54 Å². The average Bonchev–Trinajstić information content (AvgIpc) is 2.34. The largest absolute Gasteiger partial charge is 0.503 e. The summed E-state index contributed by atoms with van der Waals surface area (Å²) in [6.07, 6.45) is 4.70. The molecule has 4 heteroatoms. The van der Waals surface area contributed by atoms with Crippen molar-refractivity contribution in [2.75, 3.05) is 0 Å². The molecule has 1 atom stereocenters. The van der Waals surface area contributed by atoms with Crippen LogP contribution in [0.25, 0.3) is 0 Å². The molecule has 1 aliphatic rings. The van der Waals surface area contributed by atoms with Gasteiger partial charge in [0.25, 0.3) is 0 Å². The highest BCUT2D eigenvalue weighted by Crippen LogP contribution is 2.35. The molecule has 2 nitrogen and oxygen atoms in total. The Labute approximate surface area is 112 Å². The Balaban J connectivity index is 2.02. The lowest BCUT2D eigenvalue weighted by molar-refractivity contribution is 0.166. The summed E-state index contributed by atoms with van der Waals surface area (Å²) in [7, 11) is 0. The topological polar surface area (TPSA) is 32.3 Å². The molecule has 1 aromatic carbocycles. The van der Waals surface area contributed by atoms with Crippen LogP contribution in [0.15, 0.2) is 12.1 Å². The van der Waals surface area contributed by atoms with E-state index >= 15 is 0 Å².